The molecular formula is C17H16F3NO2. The molecule has 0 aliphatic carbocycles. The topological polar surface area (TPSA) is 30.8 Å². The first-order chi connectivity index (χ1) is 10.9. The number of alkyl halides is 3. The molecule has 23 heavy (non-hydrogen) atoms. The highest BCUT2D eigenvalue weighted by molar-refractivity contribution is 5.98. The Morgan fingerprint density at radius 1 is 1.04 bits per heavy atom. The molecule has 0 N–H and O–H groups in total. The Morgan fingerprint density at radius 2 is 1.74 bits per heavy atom. The molecule has 0 amide bonds. The van der Waals surface area contributed by atoms with Crippen molar-refractivity contribution >= 4 is 5.71 Å². The second-order valence-electron chi connectivity index (χ2n) is 4.75. The van der Waals surface area contributed by atoms with Gasteiger partial charge in [0.1, 0.15) is 18.1 Å². The largest absolute Gasteiger partial charge is 0.457 e. The molecule has 3 nitrogen and oxygen atoms in total. The van der Waals surface area contributed by atoms with Crippen molar-refractivity contribution in [1.29, 1.82) is 0 Å². The third kappa shape index (κ3) is 4.74. The predicted octanol–water partition coefficient (Wildman–Crippen LogP) is 5.26. The molecule has 2 aromatic rings. The molecule has 6 heteroatoms. The summed E-state index contributed by atoms with van der Waals surface area (Å²) in [5.41, 5.74) is 0.804. The predicted molar refractivity (Wildman–Crippen MR) is 81.8 cm³/mol. The zero-order chi connectivity index (χ0) is 16.9. The minimum atomic E-state index is -4.39. The van der Waals surface area contributed by atoms with Gasteiger partial charge in [-0.1, -0.05) is 11.2 Å². The van der Waals surface area contributed by atoms with Gasteiger partial charge in [0.05, 0.1) is 11.3 Å². The normalized spacial score (nSPS) is 12.1. The van der Waals surface area contributed by atoms with E-state index in [1.165, 1.54) is 12.1 Å². The molecule has 0 fully saturated rings. The van der Waals surface area contributed by atoms with Gasteiger partial charge in [0.25, 0.3) is 0 Å². The molecular weight excluding hydrogens is 307 g/mol. The van der Waals surface area contributed by atoms with E-state index >= 15 is 0 Å². The average Bonchev–Trinajstić information content (AvgIpc) is 2.53. The Hall–Kier alpha value is -2.50. The molecule has 2 rings (SSSR count). The average molecular weight is 323 g/mol. The van der Waals surface area contributed by atoms with Crippen molar-refractivity contribution in [2.75, 3.05) is 6.61 Å². The van der Waals surface area contributed by atoms with Crippen LogP contribution in [0.3, 0.4) is 0 Å². The van der Waals surface area contributed by atoms with E-state index in [0.29, 0.717) is 18.1 Å². The number of oxime groups is 1. The van der Waals surface area contributed by atoms with E-state index in [0.717, 1.165) is 17.7 Å². The molecule has 0 heterocycles. The summed E-state index contributed by atoms with van der Waals surface area (Å²) in [6.45, 7) is 4.12. The number of benzene rings is 2. The minimum absolute atomic E-state index is 0.132. The van der Waals surface area contributed by atoms with Gasteiger partial charge < -0.3 is 9.57 Å². The fourth-order valence-electron chi connectivity index (χ4n) is 1.85. The Bertz CT molecular complexity index is 679. The molecule has 0 spiro atoms. The van der Waals surface area contributed by atoms with Gasteiger partial charge in [-0.25, -0.2) is 0 Å². The first kappa shape index (κ1) is 16.9. The van der Waals surface area contributed by atoms with Crippen LogP contribution in [0.25, 0.3) is 0 Å². The van der Waals surface area contributed by atoms with Crippen molar-refractivity contribution in [2.24, 2.45) is 5.16 Å². The van der Waals surface area contributed by atoms with Crippen LogP contribution in [0.4, 0.5) is 13.2 Å². The monoisotopic (exact) mass is 323 g/mol. The highest BCUT2D eigenvalue weighted by Gasteiger charge is 2.30. The highest BCUT2D eigenvalue weighted by atomic mass is 19.4. The van der Waals surface area contributed by atoms with Crippen molar-refractivity contribution in [3.8, 4) is 11.5 Å². The van der Waals surface area contributed by atoms with Gasteiger partial charge in [-0.05, 0) is 61.9 Å². The number of hydrogen-bond acceptors (Lipinski definition) is 3. The number of ether oxygens (including phenoxy) is 1. The van der Waals surface area contributed by atoms with Crippen LogP contribution in [0.5, 0.6) is 11.5 Å². The van der Waals surface area contributed by atoms with E-state index < -0.39 is 11.7 Å². The van der Waals surface area contributed by atoms with Crippen LogP contribution in [0.2, 0.25) is 0 Å². The zero-order valence-corrected chi connectivity index (χ0v) is 12.7. The second-order valence-corrected chi connectivity index (χ2v) is 4.75. The summed E-state index contributed by atoms with van der Waals surface area (Å²) < 4.78 is 43.5. The molecule has 0 radical (unpaired) electrons. The molecule has 0 saturated carbocycles. The number of nitrogens with zero attached hydrogens (tertiary/aromatic N) is 1. The van der Waals surface area contributed by atoms with Gasteiger partial charge in [0.15, 0.2) is 0 Å². The summed E-state index contributed by atoms with van der Waals surface area (Å²) in [6.07, 6.45) is -4.39. The van der Waals surface area contributed by atoms with Crippen LogP contribution in [-0.4, -0.2) is 12.3 Å². The van der Waals surface area contributed by atoms with Crippen molar-refractivity contribution in [3.05, 3.63) is 59.7 Å². The number of hydrogen-bond donors (Lipinski definition) is 0. The van der Waals surface area contributed by atoms with E-state index in [1.807, 2.05) is 6.92 Å². The fraction of sp³-hybridized carbons (Fsp3) is 0.235. The summed E-state index contributed by atoms with van der Waals surface area (Å²) >= 11 is 0. The van der Waals surface area contributed by atoms with Crippen LogP contribution in [-0.2, 0) is 11.0 Å². The summed E-state index contributed by atoms with van der Waals surface area (Å²) in [5, 5.41) is 3.92. The van der Waals surface area contributed by atoms with E-state index in [2.05, 4.69) is 5.16 Å². The molecule has 0 atom stereocenters. The van der Waals surface area contributed by atoms with Crippen LogP contribution < -0.4 is 4.74 Å². The summed E-state index contributed by atoms with van der Waals surface area (Å²) in [4.78, 5) is 4.97. The zero-order valence-electron chi connectivity index (χ0n) is 12.7. The number of rotatable bonds is 5. The maximum atomic E-state index is 12.7. The molecule has 2 aromatic carbocycles. The fourth-order valence-corrected chi connectivity index (χ4v) is 1.85. The Balaban J connectivity index is 2.12. The van der Waals surface area contributed by atoms with Crippen molar-refractivity contribution in [3.63, 3.8) is 0 Å². The van der Waals surface area contributed by atoms with Crippen LogP contribution in [0, 0.1) is 0 Å². The van der Waals surface area contributed by atoms with E-state index in [1.54, 1.807) is 31.2 Å². The maximum absolute atomic E-state index is 12.7. The van der Waals surface area contributed by atoms with E-state index in [-0.39, 0.29) is 5.75 Å². The molecule has 122 valence electrons. The molecule has 0 saturated heterocycles. The Labute approximate surface area is 132 Å². The standard InChI is InChI=1S/C17H16F3NO2/c1-3-22-21-12(2)13-7-9-15(10-8-13)23-16-6-4-5-14(11-16)17(18,19)20/h4-11H,3H2,1-2H3/b21-12+. The molecule has 0 bridgehead atoms. The van der Waals surface area contributed by atoms with Crippen molar-refractivity contribution in [1.82, 2.24) is 0 Å². The highest BCUT2D eigenvalue weighted by Crippen LogP contribution is 2.32. The van der Waals surface area contributed by atoms with Crippen molar-refractivity contribution < 1.29 is 22.7 Å². The summed E-state index contributed by atoms with van der Waals surface area (Å²) in [5.74, 6) is 0.574. The number of halogens is 3. The first-order valence-electron chi connectivity index (χ1n) is 7.02. The van der Waals surface area contributed by atoms with Crippen LogP contribution >= 0.6 is 0 Å². The smallest absolute Gasteiger partial charge is 0.416 e. The van der Waals surface area contributed by atoms with E-state index in [4.69, 9.17) is 9.57 Å². The third-order valence-corrected chi connectivity index (χ3v) is 3.00. The van der Waals surface area contributed by atoms with Gasteiger partial charge in [0.2, 0.25) is 0 Å². The quantitative estimate of drug-likeness (QED) is 0.555. The Kier molecular flexibility index (Phi) is 5.26. The molecule has 0 aliphatic rings. The van der Waals surface area contributed by atoms with Gasteiger partial charge in [-0.2, -0.15) is 13.2 Å². The lowest BCUT2D eigenvalue weighted by Crippen LogP contribution is -2.04. The van der Waals surface area contributed by atoms with Gasteiger partial charge >= 0.3 is 6.18 Å². The first-order valence-corrected chi connectivity index (χ1v) is 7.02. The molecule has 0 aliphatic heterocycles. The van der Waals surface area contributed by atoms with Crippen LogP contribution in [0.1, 0.15) is 25.0 Å². The van der Waals surface area contributed by atoms with Crippen LogP contribution in [0.15, 0.2) is 53.7 Å². The van der Waals surface area contributed by atoms with Gasteiger partial charge in [-0.3, -0.25) is 0 Å². The Morgan fingerprint density at radius 3 is 2.35 bits per heavy atom. The van der Waals surface area contributed by atoms with Gasteiger partial charge in [0, 0.05) is 0 Å². The lowest BCUT2D eigenvalue weighted by molar-refractivity contribution is -0.137. The second kappa shape index (κ2) is 7.17. The summed E-state index contributed by atoms with van der Waals surface area (Å²) in [6, 6.07) is 11.6. The van der Waals surface area contributed by atoms with E-state index in [9.17, 15) is 13.2 Å². The lowest BCUT2D eigenvalue weighted by Gasteiger charge is -2.10. The summed E-state index contributed by atoms with van der Waals surface area (Å²) in [7, 11) is 0. The lowest BCUT2D eigenvalue weighted by atomic mass is 10.1. The third-order valence-electron chi connectivity index (χ3n) is 3.00. The van der Waals surface area contributed by atoms with Gasteiger partial charge in [-0.15, -0.1) is 0 Å². The maximum Gasteiger partial charge on any atom is 0.416 e. The molecule has 0 aromatic heterocycles. The van der Waals surface area contributed by atoms with Crippen molar-refractivity contribution in [2.45, 2.75) is 20.0 Å². The molecule has 0 unspecified atom stereocenters. The SMILES string of the molecule is CCO/N=C(\C)c1ccc(Oc2cccc(C(F)(F)F)c2)cc1. The minimum Gasteiger partial charge on any atom is -0.457 e.